The van der Waals surface area contributed by atoms with Crippen molar-refractivity contribution in [2.45, 2.75) is 90.3 Å². The number of carbonyl (C=O) groups excluding carboxylic acids is 2. The Morgan fingerprint density at radius 3 is 1.94 bits per heavy atom. The second-order valence-electron chi connectivity index (χ2n) is 7.31. The highest BCUT2D eigenvalue weighted by atomic mass is 31.2. The van der Waals surface area contributed by atoms with Crippen molar-refractivity contribution in [2.24, 2.45) is 0 Å². The standard InChI is InChI=1S/C20H39O10P/c1-3-5-7-9-11-19(23)27-15-18(30-20(24)12-10-8-6-4-2)16-29-31(25,26)28-14-17(22)13-21/h17-18,21-22H,3-16H2,1-2H3,(H,25,26). The van der Waals surface area contributed by atoms with Crippen molar-refractivity contribution in [1.82, 2.24) is 0 Å². The Balaban J connectivity index is 4.61. The van der Waals surface area contributed by atoms with E-state index in [0.29, 0.717) is 12.8 Å². The van der Waals surface area contributed by atoms with Crippen molar-refractivity contribution in [1.29, 1.82) is 0 Å². The largest absolute Gasteiger partial charge is 0.472 e. The van der Waals surface area contributed by atoms with Crippen LogP contribution in [0.25, 0.3) is 0 Å². The summed E-state index contributed by atoms with van der Waals surface area (Å²) in [4.78, 5) is 33.6. The first kappa shape index (κ1) is 30.0. The molecule has 11 heteroatoms. The number of phosphoric ester groups is 1. The summed E-state index contributed by atoms with van der Waals surface area (Å²) in [6.07, 6.45) is 5.22. The number of unbranched alkanes of at least 4 members (excludes halogenated alkanes) is 6. The zero-order chi connectivity index (χ0) is 23.5. The molecule has 3 N–H and O–H groups in total. The summed E-state index contributed by atoms with van der Waals surface area (Å²) < 4.78 is 31.6. The summed E-state index contributed by atoms with van der Waals surface area (Å²) >= 11 is 0. The molecule has 0 aliphatic carbocycles. The number of hydrogen-bond donors (Lipinski definition) is 3. The van der Waals surface area contributed by atoms with E-state index in [1.54, 1.807) is 0 Å². The van der Waals surface area contributed by atoms with Crippen molar-refractivity contribution in [3.05, 3.63) is 0 Å². The molecule has 0 saturated heterocycles. The molecular formula is C20H39O10P. The predicted octanol–water partition coefficient (Wildman–Crippen LogP) is 2.87. The Hall–Kier alpha value is -1.03. The minimum absolute atomic E-state index is 0.178. The lowest BCUT2D eigenvalue weighted by Gasteiger charge is -2.20. The maximum absolute atomic E-state index is 12.0. The molecule has 0 aliphatic heterocycles. The van der Waals surface area contributed by atoms with Crippen LogP contribution in [0.2, 0.25) is 0 Å². The molecule has 0 spiro atoms. The van der Waals surface area contributed by atoms with Gasteiger partial charge in [-0.05, 0) is 12.8 Å². The third-order valence-corrected chi connectivity index (χ3v) is 5.21. The van der Waals surface area contributed by atoms with Gasteiger partial charge in [0.15, 0.2) is 6.10 Å². The van der Waals surface area contributed by atoms with Crippen LogP contribution in [0.3, 0.4) is 0 Å². The molecule has 3 unspecified atom stereocenters. The Kier molecular flexibility index (Phi) is 17.9. The van der Waals surface area contributed by atoms with Crippen LogP contribution in [0, 0.1) is 0 Å². The van der Waals surface area contributed by atoms with E-state index in [0.717, 1.165) is 38.5 Å². The number of esters is 2. The zero-order valence-electron chi connectivity index (χ0n) is 18.7. The summed E-state index contributed by atoms with van der Waals surface area (Å²) in [5.74, 6) is -0.970. The lowest BCUT2D eigenvalue weighted by Crippen LogP contribution is -2.29. The lowest BCUT2D eigenvalue weighted by atomic mass is 10.1. The number of hydrogen-bond acceptors (Lipinski definition) is 9. The van der Waals surface area contributed by atoms with Crippen LogP contribution in [0.1, 0.15) is 78.1 Å². The van der Waals surface area contributed by atoms with Gasteiger partial charge in [-0.25, -0.2) is 4.57 Å². The van der Waals surface area contributed by atoms with Gasteiger partial charge in [-0.3, -0.25) is 18.6 Å². The normalized spacial score (nSPS) is 15.1. The fraction of sp³-hybridized carbons (Fsp3) is 0.900. The molecule has 0 saturated carbocycles. The zero-order valence-corrected chi connectivity index (χ0v) is 19.6. The Morgan fingerprint density at radius 1 is 0.839 bits per heavy atom. The SMILES string of the molecule is CCCCCCC(=O)OCC(COP(=O)(O)OCC(O)CO)OC(=O)CCCCCC. The van der Waals surface area contributed by atoms with E-state index in [4.69, 9.17) is 19.1 Å². The molecule has 0 aromatic heterocycles. The molecule has 0 aromatic rings. The van der Waals surface area contributed by atoms with Crippen LogP contribution < -0.4 is 0 Å². The van der Waals surface area contributed by atoms with Gasteiger partial charge in [0.25, 0.3) is 0 Å². The third-order valence-electron chi connectivity index (χ3n) is 4.26. The Bertz CT molecular complexity index is 528. The van der Waals surface area contributed by atoms with E-state index >= 15 is 0 Å². The lowest BCUT2D eigenvalue weighted by molar-refractivity contribution is -0.161. The first-order valence-corrected chi connectivity index (χ1v) is 12.5. The van der Waals surface area contributed by atoms with Crippen molar-refractivity contribution >= 4 is 19.8 Å². The maximum atomic E-state index is 12.0. The van der Waals surface area contributed by atoms with Crippen LogP contribution in [-0.2, 0) is 32.7 Å². The van der Waals surface area contributed by atoms with Crippen LogP contribution in [0.15, 0.2) is 0 Å². The van der Waals surface area contributed by atoms with Gasteiger partial charge in [-0.15, -0.1) is 0 Å². The van der Waals surface area contributed by atoms with Crippen LogP contribution in [0.4, 0.5) is 0 Å². The predicted molar refractivity (Wildman–Crippen MR) is 113 cm³/mol. The van der Waals surface area contributed by atoms with E-state index < -0.39 is 51.8 Å². The third kappa shape index (κ3) is 18.3. The number of aliphatic hydroxyl groups is 2. The van der Waals surface area contributed by atoms with Gasteiger partial charge in [0.05, 0.1) is 19.8 Å². The topological polar surface area (TPSA) is 149 Å². The van der Waals surface area contributed by atoms with E-state index in [9.17, 15) is 24.2 Å². The van der Waals surface area contributed by atoms with Crippen LogP contribution in [0.5, 0.6) is 0 Å². The summed E-state index contributed by atoms with van der Waals surface area (Å²) in [6.45, 7) is 2.01. The molecular weight excluding hydrogens is 431 g/mol. The second-order valence-corrected chi connectivity index (χ2v) is 8.77. The molecule has 0 radical (unpaired) electrons. The number of phosphoric acid groups is 1. The average molecular weight is 470 g/mol. The summed E-state index contributed by atoms with van der Waals surface area (Å²) in [7, 11) is -4.56. The van der Waals surface area contributed by atoms with Gasteiger partial charge in [-0.1, -0.05) is 52.4 Å². The molecule has 0 bridgehead atoms. The highest BCUT2D eigenvalue weighted by Gasteiger charge is 2.27. The van der Waals surface area contributed by atoms with Gasteiger partial charge in [0.1, 0.15) is 12.7 Å². The van der Waals surface area contributed by atoms with E-state index in [2.05, 4.69) is 18.4 Å². The van der Waals surface area contributed by atoms with Crippen molar-refractivity contribution in [3.63, 3.8) is 0 Å². The van der Waals surface area contributed by atoms with Crippen molar-refractivity contribution in [3.8, 4) is 0 Å². The molecule has 184 valence electrons. The molecule has 31 heavy (non-hydrogen) atoms. The van der Waals surface area contributed by atoms with Gasteiger partial charge < -0.3 is 24.6 Å². The molecule has 0 aliphatic rings. The van der Waals surface area contributed by atoms with Crippen molar-refractivity contribution in [2.75, 3.05) is 26.4 Å². The van der Waals surface area contributed by atoms with E-state index in [1.165, 1.54) is 0 Å². The monoisotopic (exact) mass is 470 g/mol. The highest BCUT2D eigenvalue weighted by Crippen LogP contribution is 2.43. The van der Waals surface area contributed by atoms with Gasteiger partial charge in [0.2, 0.25) is 0 Å². The van der Waals surface area contributed by atoms with Gasteiger partial charge in [-0.2, -0.15) is 0 Å². The van der Waals surface area contributed by atoms with Crippen LogP contribution >= 0.6 is 7.82 Å². The quantitative estimate of drug-likeness (QED) is 0.138. The van der Waals surface area contributed by atoms with Crippen molar-refractivity contribution < 1.29 is 47.8 Å². The fourth-order valence-corrected chi connectivity index (χ4v) is 3.25. The summed E-state index contributed by atoms with van der Waals surface area (Å²) in [5, 5.41) is 17.9. The van der Waals surface area contributed by atoms with Crippen LogP contribution in [-0.4, -0.2) is 65.7 Å². The molecule has 0 amide bonds. The van der Waals surface area contributed by atoms with Gasteiger partial charge >= 0.3 is 19.8 Å². The molecule has 0 heterocycles. The number of carbonyl (C=O) groups is 2. The molecule has 0 fully saturated rings. The minimum Gasteiger partial charge on any atom is -0.462 e. The minimum atomic E-state index is -4.56. The fourth-order valence-electron chi connectivity index (χ4n) is 2.46. The van der Waals surface area contributed by atoms with E-state index in [1.807, 2.05) is 0 Å². The van der Waals surface area contributed by atoms with Gasteiger partial charge in [0, 0.05) is 12.8 Å². The molecule has 3 atom stereocenters. The average Bonchev–Trinajstić information content (AvgIpc) is 2.74. The van der Waals surface area contributed by atoms with E-state index in [-0.39, 0.29) is 19.4 Å². The molecule has 0 rings (SSSR count). The second kappa shape index (κ2) is 18.5. The Morgan fingerprint density at radius 2 is 1.39 bits per heavy atom. The number of rotatable bonds is 20. The first-order valence-electron chi connectivity index (χ1n) is 11.0. The molecule has 10 nitrogen and oxygen atoms in total. The number of ether oxygens (including phenoxy) is 2. The first-order chi connectivity index (χ1) is 14.7. The highest BCUT2D eigenvalue weighted by molar-refractivity contribution is 7.47. The Labute approximate surface area is 184 Å². The smallest absolute Gasteiger partial charge is 0.462 e. The molecule has 0 aromatic carbocycles. The summed E-state index contributed by atoms with van der Waals surface area (Å²) in [6, 6.07) is 0. The number of aliphatic hydroxyl groups excluding tert-OH is 2. The summed E-state index contributed by atoms with van der Waals surface area (Å²) in [5.41, 5.74) is 0. The maximum Gasteiger partial charge on any atom is 0.472 e.